The molecule has 166 valence electrons. The predicted octanol–water partition coefficient (Wildman–Crippen LogP) is 4.29. The average molecular weight is 454 g/mol. The van der Waals surface area contributed by atoms with Gasteiger partial charge in [-0.3, -0.25) is 0 Å². The van der Waals surface area contributed by atoms with Crippen LogP contribution >= 0.6 is 0 Å². The highest BCUT2D eigenvalue weighted by Crippen LogP contribution is 2.26. The van der Waals surface area contributed by atoms with Crippen molar-refractivity contribution in [3.05, 3.63) is 94.8 Å². The highest BCUT2D eigenvalue weighted by molar-refractivity contribution is 7.90. The second-order valence-electron chi connectivity index (χ2n) is 7.79. The first kappa shape index (κ1) is 22.0. The van der Waals surface area contributed by atoms with E-state index in [1.165, 1.54) is 30.3 Å². The fourth-order valence-corrected chi connectivity index (χ4v) is 5.07. The largest absolute Gasteiger partial charge is 0.331 e. The molecule has 1 aliphatic heterocycles. The SMILES string of the molecule is C[C@@H](NC(=O)Nc1ccc(S(=O)(=O)Cc2ccc3c(c2F)CNC3)cc1)c1ccccc1. The van der Waals surface area contributed by atoms with Crippen molar-refractivity contribution in [3.8, 4) is 0 Å². The van der Waals surface area contributed by atoms with E-state index in [4.69, 9.17) is 0 Å². The van der Waals surface area contributed by atoms with Crippen LogP contribution in [0.2, 0.25) is 0 Å². The summed E-state index contributed by atoms with van der Waals surface area (Å²) >= 11 is 0. The first-order chi connectivity index (χ1) is 15.3. The summed E-state index contributed by atoms with van der Waals surface area (Å²) in [6.45, 7) is 2.87. The van der Waals surface area contributed by atoms with Crippen molar-refractivity contribution >= 4 is 21.6 Å². The van der Waals surface area contributed by atoms with Crippen LogP contribution in [0.1, 0.15) is 35.2 Å². The fraction of sp³-hybridized carbons (Fsp3) is 0.208. The van der Waals surface area contributed by atoms with Crippen molar-refractivity contribution in [2.24, 2.45) is 0 Å². The van der Waals surface area contributed by atoms with Gasteiger partial charge in [0.1, 0.15) is 5.82 Å². The summed E-state index contributed by atoms with van der Waals surface area (Å²) in [5.41, 5.74) is 2.98. The number of benzene rings is 3. The van der Waals surface area contributed by atoms with Crippen LogP contribution in [0.3, 0.4) is 0 Å². The Bertz CT molecular complexity index is 1230. The molecule has 3 aromatic carbocycles. The minimum atomic E-state index is -3.74. The van der Waals surface area contributed by atoms with Gasteiger partial charge in [-0.1, -0.05) is 42.5 Å². The summed E-state index contributed by atoms with van der Waals surface area (Å²) in [5, 5.41) is 8.59. The first-order valence-corrected chi connectivity index (χ1v) is 11.9. The molecule has 32 heavy (non-hydrogen) atoms. The van der Waals surface area contributed by atoms with Gasteiger partial charge in [-0.2, -0.15) is 0 Å². The number of carbonyl (C=O) groups is 1. The Morgan fingerprint density at radius 3 is 2.47 bits per heavy atom. The molecule has 0 radical (unpaired) electrons. The molecule has 0 saturated heterocycles. The van der Waals surface area contributed by atoms with Crippen LogP contribution in [0.5, 0.6) is 0 Å². The zero-order chi connectivity index (χ0) is 22.7. The number of urea groups is 1. The lowest BCUT2D eigenvalue weighted by Crippen LogP contribution is -2.31. The lowest BCUT2D eigenvalue weighted by molar-refractivity contribution is 0.249. The highest BCUT2D eigenvalue weighted by Gasteiger charge is 2.22. The quantitative estimate of drug-likeness (QED) is 0.520. The van der Waals surface area contributed by atoms with Crippen molar-refractivity contribution in [2.45, 2.75) is 36.7 Å². The third-order valence-corrected chi connectivity index (χ3v) is 7.18. The van der Waals surface area contributed by atoms with Crippen molar-refractivity contribution in [1.29, 1.82) is 0 Å². The molecular formula is C24H24FN3O3S. The van der Waals surface area contributed by atoms with Crippen LogP contribution in [-0.4, -0.2) is 14.4 Å². The van der Waals surface area contributed by atoms with E-state index in [0.29, 0.717) is 24.3 Å². The number of anilines is 1. The second kappa shape index (κ2) is 9.10. The topological polar surface area (TPSA) is 87.3 Å². The van der Waals surface area contributed by atoms with Gasteiger partial charge in [0.25, 0.3) is 0 Å². The molecule has 1 aliphatic rings. The molecule has 0 unspecified atom stereocenters. The van der Waals surface area contributed by atoms with Crippen LogP contribution in [0, 0.1) is 5.82 Å². The number of hydrogen-bond donors (Lipinski definition) is 3. The fourth-order valence-electron chi connectivity index (χ4n) is 3.72. The summed E-state index contributed by atoms with van der Waals surface area (Å²) in [6.07, 6.45) is 0. The van der Waals surface area contributed by atoms with Gasteiger partial charge in [-0.25, -0.2) is 17.6 Å². The number of fused-ring (bicyclic) bond motifs is 1. The molecule has 3 aromatic rings. The summed E-state index contributed by atoms with van der Waals surface area (Å²) < 4.78 is 40.3. The van der Waals surface area contributed by atoms with E-state index < -0.39 is 27.4 Å². The molecule has 0 aromatic heterocycles. The zero-order valence-corrected chi connectivity index (χ0v) is 18.4. The molecule has 1 heterocycles. The second-order valence-corrected chi connectivity index (χ2v) is 9.78. The number of sulfone groups is 1. The number of carbonyl (C=O) groups excluding carboxylic acids is 1. The molecule has 0 saturated carbocycles. The van der Waals surface area contributed by atoms with E-state index in [2.05, 4.69) is 16.0 Å². The minimum Gasteiger partial charge on any atom is -0.331 e. The van der Waals surface area contributed by atoms with Crippen molar-refractivity contribution in [2.75, 3.05) is 5.32 Å². The molecule has 0 fully saturated rings. The molecule has 2 amide bonds. The van der Waals surface area contributed by atoms with Gasteiger partial charge in [0.2, 0.25) is 0 Å². The van der Waals surface area contributed by atoms with Gasteiger partial charge in [0.05, 0.1) is 16.7 Å². The number of amides is 2. The van der Waals surface area contributed by atoms with E-state index in [1.54, 1.807) is 6.07 Å². The molecule has 8 heteroatoms. The Morgan fingerprint density at radius 1 is 1.03 bits per heavy atom. The third kappa shape index (κ3) is 4.81. The predicted molar refractivity (Wildman–Crippen MR) is 121 cm³/mol. The van der Waals surface area contributed by atoms with Crippen LogP contribution < -0.4 is 16.0 Å². The monoisotopic (exact) mass is 453 g/mol. The maximum Gasteiger partial charge on any atom is 0.319 e. The highest BCUT2D eigenvalue weighted by atomic mass is 32.2. The maximum absolute atomic E-state index is 14.7. The number of nitrogens with one attached hydrogen (secondary N) is 3. The summed E-state index contributed by atoms with van der Waals surface area (Å²) in [4.78, 5) is 12.3. The molecule has 6 nitrogen and oxygen atoms in total. The van der Waals surface area contributed by atoms with Crippen molar-refractivity contribution in [3.63, 3.8) is 0 Å². The van der Waals surface area contributed by atoms with Crippen molar-refractivity contribution < 1.29 is 17.6 Å². The Hall–Kier alpha value is -3.23. The molecule has 0 bridgehead atoms. The smallest absolute Gasteiger partial charge is 0.319 e. The molecule has 0 spiro atoms. The Morgan fingerprint density at radius 2 is 1.75 bits per heavy atom. The normalized spacial score (nSPS) is 13.9. The standard InChI is InChI=1S/C24H24FN3O3S/c1-16(17-5-3-2-4-6-17)27-24(29)28-20-9-11-21(12-10-20)32(30,31)15-19-8-7-18-13-26-14-22(18)23(19)25/h2-12,16,26H,13-15H2,1H3,(H2,27,28,29)/t16-/m1/s1. The van der Waals surface area contributed by atoms with E-state index in [9.17, 15) is 17.6 Å². The lowest BCUT2D eigenvalue weighted by Gasteiger charge is -2.15. The van der Waals surface area contributed by atoms with Gasteiger partial charge < -0.3 is 16.0 Å². The van der Waals surface area contributed by atoms with E-state index in [0.717, 1.165) is 11.1 Å². The van der Waals surface area contributed by atoms with Crippen LogP contribution in [0.4, 0.5) is 14.9 Å². The van der Waals surface area contributed by atoms with E-state index in [1.807, 2.05) is 37.3 Å². The van der Waals surface area contributed by atoms with Gasteiger partial charge in [-0.15, -0.1) is 0 Å². The summed E-state index contributed by atoms with van der Waals surface area (Å²) in [5.74, 6) is -0.882. The minimum absolute atomic E-state index is 0.0686. The van der Waals surface area contributed by atoms with Crippen LogP contribution in [0.25, 0.3) is 0 Å². The molecule has 1 atom stereocenters. The van der Waals surface area contributed by atoms with Crippen LogP contribution in [-0.2, 0) is 28.7 Å². The summed E-state index contributed by atoms with van der Waals surface area (Å²) in [6, 6.07) is 18.1. The average Bonchev–Trinajstić information content (AvgIpc) is 3.26. The zero-order valence-electron chi connectivity index (χ0n) is 17.6. The number of rotatable bonds is 6. The third-order valence-electron chi connectivity index (χ3n) is 5.50. The Kier molecular flexibility index (Phi) is 6.25. The first-order valence-electron chi connectivity index (χ1n) is 10.3. The Labute approximate surface area is 186 Å². The molecular weight excluding hydrogens is 429 g/mol. The van der Waals surface area contributed by atoms with Gasteiger partial charge in [0, 0.05) is 29.9 Å². The molecule has 4 rings (SSSR count). The van der Waals surface area contributed by atoms with E-state index in [-0.39, 0.29) is 16.5 Å². The van der Waals surface area contributed by atoms with Gasteiger partial charge in [-0.05, 0) is 42.3 Å². The molecule has 0 aliphatic carbocycles. The van der Waals surface area contributed by atoms with Crippen LogP contribution in [0.15, 0.2) is 71.6 Å². The van der Waals surface area contributed by atoms with Crippen molar-refractivity contribution in [1.82, 2.24) is 10.6 Å². The Balaban J connectivity index is 1.41. The number of halogens is 1. The number of hydrogen-bond acceptors (Lipinski definition) is 4. The molecule has 3 N–H and O–H groups in total. The lowest BCUT2D eigenvalue weighted by atomic mass is 10.1. The van der Waals surface area contributed by atoms with Gasteiger partial charge in [0.15, 0.2) is 9.84 Å². The van der Waals surface area contributed by atoms with E-state index >= 15 is 0 Å². The maximum atomic E-state index is 14.7. The summed E-state index contributed by atoms with van der Waals surface area (Å²) in [7, 11) is -3.74. The van der Waals surface area contributed by atoms with Gasteiger partial charge >= 0.3 is 6.03 Å².